The molecule has 0 bridgehead atoms. The first-order valence-electron chi connectivity index (χ1n) is 6.70. The van der Waals surface area contributed by atoms with Crippen LogP contribution >= 0.6 is 0 Å². The highest BCUT2D eigenvalue weighted by Gasteiger charge is 2.20. The van der Waals surface area contributed by atoms with Gasteiger partial charge in [0.1, 0.15) is 17.2 Å². The summed E-state index contributed by atoms with van der Waals surface area (Å²) in [6, 6.07) is 8.81. The third kappa shape index (κ3) is 3.92. The van der Waals surface area contributed by atoms with Crippen LogP contribution in [0.25, 0.3) is 0 Å². The van der Waals surface area contributed by atoms with Gasteiger partial charge in [0.05, 0.1) is 11.3 Å². The van der Waals surface area contributed by atoms with Crippen LogP contribution in [0.1, 0.15) is 20.7 Å². The molecule has 8 heteroatoms. The van der Waals surface area contributed by atoms with Crippen molar-refractivity contribution in [3.8, 4) is 0 Å². The first-order valence-corrected chi connectivity index (χ1v) is 6.70. The number of hydrogen-bond acceptors (Lipinski definition) is 4. The molecule has 0 radical (unpaired) electrons. The lowest BCUT2D eigenvalue weighted by molar-refractivity contribution is -0.119. The largest absolute Gasteiger partial charge is 0.452 e. The van der Waals surface area contributed by atoms with Crippen molar-refractivity contribution in [2.45, 2.75) is 0 Å². The van der Waals surface area contributed by atoms with E-state index in [0.717, 1.165) is 18.2 Å². The minimum absolute atomic E-state index is 0.0670. The average Bonchev–Trinajstić information content (AvgIpc) is 2.53. The van der Waals surface area contributed by atoms with Gasteiger partial charge in [0.15, 0.2) is 6.61 Å². The second-order valence-electron chi connectivity index (χ2n) is 4.63. The van der Waals surface area contributed by atoms with E-state index in [-0.39, 0.29) is 11.3 Å². The van der Waals surface area contributed by atoms with Crippen molar-refractivity contribution in [2.24, 2.45) is 5.73 Å². The number of rotatable bonds is 5. The van der Waals surface area contributed by atoms with Crippen LogP contribution in [0.15, 0.2) is 42.5 Å². The molecule has 2 aromatic rings. The number of esters is 1. The molecule has 0 heterocycles. The zero-order valence-corrected chi connectivity index (χ0v) is 12.2. The molecule has 0 aliphatic carbocycles. The fourth-order valence-corrected chi connectivity index (χ4v) is 1.89. The number of carbonyl (C=O) groups is 3. The Labute approximate surface area is 135 Å². The molecule has 2 rings (SSSR count). The number of nitrogens with two attached hydrogens (primary N) is 1. The smallest absolute Gasteiger partial charge is 0.344 e. The molecular formula is C16H12F2N2O4. The molecule has 6 nitrogen and oxygen atoms in total. The van der Waals surface area contributed by atoms with E-state index in [1.54, 1.807) is 12.1 Å². The predicted octanol–water partition coefficient (Wildman–Crippen LogP) is 1.86. The summed E-state index contributed by atoms with van der Waals surface area (Å²) in [7, 11) is 0. The lowest BCUT2D eigenvalue weighted by Crippen LogP contribution is -2.23. The highest BCUT2D eigenvalue weighted by atomic mass is 19.1. The summed E-state index contributed by atoms with van der Waals surface area (Å²) < 4.78 is 31.4. The van der Waals surface area contributed by atoms with Gasteiger partial charge in [-0.3, -0.25) is 9.59 Å². The van der Waals surface area contributed by atoms with Gasteiger partial charge in [-0.05, 0) is 24.3 Å². The molecule has 0 spiro atoms. The van der Waals surface area contributed by atoms with Gasteiger partial charge in [-0.25, -0.2) is 13.6 Å². The van der Waals surface area contributed by atoms with Crippen LogP contribution < -0.4 is 11.1 Å². The fraction of sp³-hybridized carbons (Fsp3) is 0.0625. The number of ether oxygens (including phenoxy) is 1. The van der Waals surface area contributed by atoms with Gasteiger partial charge in [-0.2, -0.15) is 0 Å². The van der Waals surface area contributed by atoms with Crippen molar-refractivity contribution in [3.63, 3.8) is 0 Å². The zero-order chi connectivity index (χ0) is 17.7. The van der Waals surface area contributed by atoms with Gasteiger partial charge in [-0.15, -0.1) is 0 Å². The van der Waals surface area contributed by atoms with Crippen molar-refractivity contribution in [1.29, 1.82) is 0 Å². The van der Waals surface area contributed by atoms with Crippen LogP contribution in [0.3, 0.4) is 0 Å². The maximum Gasteiger partial charge on any atom is 0.344 e. The molecule has 0 aliphatic heterocycles. The maximum absolute atomic E-state index is 13.4. The van der Waals surface area contributed by atoms with Gasteiger partial charge in [0.2, 0.25) is 0 Å². The molecule has 124 valence electrons. The monoisotopic (exact) mass is 334 g/mol. The average molecular weight is 334 g/mol. The van der Waals surface area contributed by atoms with Crippen LogP contribution in [-0.2, 0) is 9.53 Å². The molecule has 0 aliphatic rings. The van der Waals surface area contributed by atoms with Crippen molar-refractivity contribution < 1.29 is 27.9 Å². The Hall–Kier alpha value is -3.29. The zero-order valence-electron chi connectivity index (χ0n) is 12.2. The van der Waals surface area contributed by atoms with E-state index in [1.807, 2.05) is 0 Å². The number of benzene rings is 2. The van der Waals surface area contributed by atoms with Crippen molar-refractivity contribution in [2.75, 3.05) is 11.9 Å². The van der Waals surface area contributed by atoms with Gasteiger partial charge >= 0.3 is 5.97 Å². The first-order chi connectivity index (χ1) is 11.4. The standard InChI is InChI=1S/C16H12F2N2O4/c17-10-5-3-6-11(18)14(10)16(23)24-8-13(21)20-12-7-2-1-4-9(12)15(19)22/h1-7H,8H2,(H2,19,22)(H,20,21). The quantitative estimate of drug-likeness (QED) is 0.815. The molecule has 0 saturated heterocycles. The summed E-state index contributed by atoms with van der Waals surface area (Å²) in [6.07, 6.45) is 0. The van der Waals surface area contributed by atoms with Crippen LogP contribution in [0.4, 0.5) is 14.5 Å². The highest BCUT2D eigenvalue weighted by molar-refractivity contribution is 6.03. The number of primary amides is 1. The minimum Gasteiger partial charge on any atom is -0.452 e. The summed E-state index contributed by atoms with van der Waals surface area (Å²) in [5.74, 6) is -5.06. The topological polar surface area (TPSA) is 98.5 Å². The fourth-order valence-electron chi connectivity index (χ4n) is 1.89. The Balaban J connectivity index is 2.02. The number of para-hydroxylation sites is 1. The van der Waals surface area contributed by atoms with E-state index in [0.29, 0.717) is 0 Å². The van der Waals surface area contributed by atoms with Gasteiger partial charge in [0, 0.05) is 0 Å². The molecule has 2 amide bonds. The number of amides is 2. The third-order valence-electron chi connectivity index (χ3n) is 2.97. The number of hydrogen-bond donors (Lipinski definition) is 2. The van der Waals surface area contributed by atoms with E-state index < -0.39 is 41.6 Å². The van der Waals surface area contributed by atoms with Crippen molar-refractivity contribution >= 4 is 23.5 Å². The highest BCUT2D eigenvalue weighted by Crippen LogP contribution is 2.15. The molecule has 0 atom stereocenters. The van der Waals surface area contributed by atoms with E-state index in [9.17, 15) is 23.2 Å². The second-order valence-corrected chi connectivity index (χ2v) is 4.63. The molecule has 3 N–H and O–H groups in total. The van der Waals surface area contributed by atoms with Crippen molar-refractivity contribution in [3.05, 3.63) is 65.2 Å². The number of halogens is 2. The summed E-state index contributed by atoms with van der Waals surface area (Å²) >= 11 is 0. The Kier molecular flexibility index (Phi) is 5.20. The van der Waals surface area contributed by atoms with Crippen LogP contribution in [0, 0.1) is 11.6 Å². The SMILES string of the molecule is NC(=O)c1ccccc1NC(=O)COC(=O)c1c(F)cccc1F. The first kappa shape index (κ1) is 17.1. The Bertz CT molecular complexity index is 788. The van der Waals surface area contributed by atoms with Gasteiger partial charge < -0.3 is 15.8 Å². The van der Waals surface area contributed by atoms with Crippen molar-refractivity contribution in [1.82, 2.24) is 0 Å². The molecule has 0 aromatic heterocycles. The summed E-state index contributed by atoms with van der Waals surface area (Å²) in [5.41, 5.74) is 4.47. The van der Waals surface area contributed by atoms with E-state index in [4.69, 9.17) is 5.73 Å². The lowest BCUT2D eigenvalue weighted by atomic mass is 10.1. The number of anilines is 1. The van der Waals surface area contributed by atoms with Gasteiger partial charge in [0.25, 0.3) is 11.8 Å². The molecule has 2 aromatic carbocycles. The Morgan fingerprint density at radius 2 is 1.62 bits per heavy atom. The number of carbonyl (C=O) groups excluding carboxylic acids is 3. The molecule has 24 heavy (non-hydrogen) atoms. The maximum atomic E-state index is 13.4. The Morgan fingerprint density at radius 1 is 1.00 bits per heavy atom. The molecular weight excluding hydrogens is 322 g/mol. The second kappa shape index (κ2) is 7.32. The summed E-state index contributed by atoms with van der Waals surface area (Å²) in [4.78, 5) is 34.7. The van der Waals surface area contributed by atoms with Crippen LogP contribution in [0.2, 0.25) is 0 Å². The molecule has 0 saturated carbocycles. The molecule has 0 unspecified atom stereocenters. The summed E-state index contributed by atoms with van der Waals surface area (Å²) in [6.45, 7) is -0.792. The van der Waals surface area contributed by atoms with Crippen LogP contribution in [0.5, 0.6) is 0 Å². The lowest BCUT2D eigenvalue weighted by Gasteiger charge is -2.09. The van der Waals surface area contributed by atoms with E-state index >= 15 is 0 Å². The normalized spacial score (nSPS) is 10.1. The van der Waals surface area contributed by atoms with E-state index in [2.05, 4.69) is 10.1 Å². The van der Waals surface area contributed by atoms with Crippen LogP contribution in [-0.4, -0.2) is 24.4 Å². The predicted molar refractivity (Wildman–Crippen MR) is 80.2 cm³/mol. The summed E-state index contributed by atoms with van der Waals surface area (Å²) in [5, 5.41) is 2.32. The Morgan fingerprint density at radius 3 is 2.25 bits per heavy atom. The van der Waals surface area contributed by atoms with Gasteiger partial charge in [-0.1, -0.05) is 18.2 Å². The third-order valence-corrected chi connectivity index (χ3v) is 2.97. The van der Waals surface area contributed by atoms with E-state index in [1.165, 1.54) is 12.1 Å². The minimum atomic E-state index is -1.32. The molecule has 0 fully saturated rings. The number of nitrogens with one attached hydrogen (secondary N) is 1.